The Labute approximate surface area is 136 Å². The quantitative estimate of drug-likeness (QED) is 0.806. The van der Waals surface area contributed by atoms with E-state index in [9.17, 15) is 9.59 Å². The van der Waals surface area contributed by atoms with Gasteiger partial charge in [-0.25, -0.2) is 0 Å². The Balaban J connectivity index is 1.47. The zero-order valence-corrected chi connectivity index (χ0v) is 13.4. The summed E-state index contributed by atoms with van der Waals surface area (Å²) in [6.45, 7) is 3.33. The molecule has 8 nitrogen and oxygen atoms in total. The molecule has 4 rings (SSSR count). The molecular weight excluding hydrogens is 318 g/mol. The van der Waals surface area contributed by atoms with Crippen LogP contribution in [0.25, 0.3) is 0 Å². The largest absolute Gasteiger partial charge is 0.364 e. The molecule has 1 atom stereocenters. The summed E-state index contributed by atoms with van der Waals surface area (Å²) in [6.07, 6.45) is 2.51. The molecule has 1 unspecified atom stereocenters. The first-order chi connectivity index (χ1) is 11.1. The van der Waals surface area contributed by atoms with Crippen molar-refractivity contribution in [2.24, 2.45) is 5.92 Å². The summed E-state index contributed by atoms with van der Waals surface area (Å²) in [4.78, 5) is 28.3. The van der Waals surface area contributed by atoms with Gasteiger partial charge in [-0.2, -0.15) is 0 Å². The van der Waals surface area contributed by atoms with Crippen molar-refractivity contribution < 1.29 is 14.1 Å². The van der Waals surface area contributed by atoms with Gasteiger partial charge in [0.1, 0.15) is 11.3 Å². The molecule has 120 valence electrons. The second-order valence-electron chi connectivity index (χ2n) is 5.81. The van der Waals surface area contributed by atoms with Crippen molar-refractivity contribution in [3.63, 3.8) is 0 Å². The maximum absolute atomic E-state index is 12.7. The van der Waals surface area contributed by atoms with Crippen LogP contribution in [-0.2, 0) is 22.6 Å². The Kier molecular flexibility index (Phi) is 3.37. The topological polar surface area (TPSA) is 92.4 Å². The lowest BCUT2D eigenvalue weighted by Gasteiger charge is -2.28. The fraction of sp³-hybridized carbons (Fsp3) is 0.500. The second kappa shape index (κ2) is 5.41. The Hall–Kier alpha value is -2.29. The van der Waals surface area contributed by atoms with E-state index in [1.165, 1.54) is 11.3 Å². The molecule has 2 aliphatic rings. The van der Waals surface area contributed by atoms with Crippen LogP contribution in [0.15, 0.2) is 10.8 Å². The monoisotopic (exact) mass is 333 g/mol. The van der Waals surface area contributed by atoms with E-state index in [-0.39, 0.29) is 24.2 Å². The van der Waals surface area contributed by atoms with Gasteiger partial charge in [0.2, 0.25) is 16.9 Å². The molecule has 0 spiro atoms. The van der Waals surface area contributed by atoms with Gasteiger partial charge in [0.15, 0.2) is 0 Å². The molecule has 4 heterocycles. The van der Waals surface area contributed by atoms with Crippen LogP contribution in [0.4, 0.5) is 5.13 Å². The minimum Gasteiger partial charge on any atom is -0.364 e. The first-order valence-corrected chi connectivity index (χ1v) is 8.25. The van der Waals surface area contributed by atoms with Gasteiger partial charge < -0.3 is 9.42 Å². The summed E-state index contributed by atoms with van der Waals surface area (Å²) in [6, 6.07) is 0. The van der Waals surface area contributed by atoms with Crippen LogP contribution >= 0.6 is 11.3 Å². The van der Waals surface area contributed by atoms with Crippen LogP contribution in [0.5, 0.6) is 0 Å². The Bertz CT molecular complexity index is 770. The SMILES string of the molecule is Cc1nnc(N2CC(C(=O)N3CCc4nocc4C3)CC2=O)s1. The Morgan fingerprint density at radius 2 is 2.30 bits per heavy atom. The highest BCUT2D eigenvalue weighted by Crippen LogP contribution is 2.29. The number of anilines is 1. The number of aromatic nitrogens is 3. The summed E-state index contributed by atoms with van der Waals surface area (Å²) in [5.41, 5.74) is 1.87. The zero-order valence-electron chi connectivity index (χ0n) is 12.6. The average molecular weight is 333 g/mol. The fourth-order valence-corrected chi connectivity index (χ4v) is 3.75. The number of rotatable bonds is 2. The number of carbonyl (C=O) groups excluding carboxylic acids is 2. The van der Waals surface area contributed by atoms with Crippen LogP contribution in [0.1, 0.15) is 22.7 Å². The van der Waals surface area contributed by atoms with Crippen molar-refractivity contribution in [2.45, 2.75) is 26.3 Å². The lowest BCUT2D eigenvalue weighted by atomic mass is 10.0. The van der Waals surface area contributed by atoms with Gasteiger partial charge in [-0.3, -0.25) is 14.5 Å². The van der Waals surface area contributed by atoms with Crippen LogP contribution in [0.2, 0.25) is 0 Å². The fourth-order valence-electron chi connectivity index (χ4n) is 3.04. The summed E-state index contributed by atoms with van der Waals surface area (Å²) in [7, 11) is 0. The Morgan fingerprint density at radius 1 is 1.43 bits per heavy atom. The molecule has 23 heavy (non-hydrogen) atoms. The second-order valence-corrected chi connectivity index (χ2v) is 6.97. The first kappa shape index (κ1) is 14.3. The number of hydrogen-bond donors (Lipinski definition) is 0. The number of nitrogens with zero attached hydrogens (tertiary/aromatic N) is 5. The normalized spacial score (nSPS) is 20.9. The minimum atomic E-state index is -0.326. The lowest BCUT2D eigenvalue weighted by molar-refractivity contribution is -0.136. The molecule has 1 fully saturated rings. The van der Waals surface area contributed by atoms with Crippen molar-refractivity contribution in [3.05, 3.63) is 22.5 Å². The molecule has 1 saturated heterocycles. The van der Waals surface area contributed by atoms with Gasteiger partial charge in [0, 0.05) is 31.5 Å². The van der Waals surface area contributed by atoms with Crippen molar-refractivity contribution in [1.82, 2.24) is 20.3 Å². The van der Waals surface area contributed by atoms with Gasteiger partial charge in [0.25, 0.3) is 0 Å². The van der Waals surface area contributed by atoms with E-state index >= 15 is 0 Å². The molecule has 2 aliphatic heterocycles. The average Bonchev–Trinajstić information content (AvgIpc) is 3.25. The predicted molar refractivity (Wildman–Crippen MR) is 80.7 cm³/mol. The van der Waals surface area contributed by atoms with Crippen LogP contribution in [0, 0.1) is 12.8 Å². The summed E-state index contributed by atoms with van der Waals surface area (Å²) in [5, 5.41) is 13.2. The molecule has 0 saturated carbocycles. The van der Waals surface area contributed by atoms with E-state index in [1.54, 1.807) is 16.1 Å². The molecule has 9 heteroatoms. The highest BCUT2D eigenvalue weighted by atomic mass is 32.1. The van der Waals surface area contributed by atoms with Crippen LogP contribution in [0.3, 0.4) is 0 Å². The van der Waals surface area contributed by atoms with E-state index < -0.39 is 0 Å². The molecule has 0 aliphatic carbocycles. The highest BCUT2D eigenvalue weighted by Gasteiger charge is 2.39. The van der Waals surface area contributed by atoms with E-state index in [0.717, 1.165) is 16.3 Å². The van der Waals surface area contributed by atoms with Crippen molar-refractivity contribution in [3.8, 4) is 0 Å². The van der Waals surface area contributed by atoms with Gasteiger partial charge in [-0.15, -0.1) is 10.2 Å². The molecular formula is C14H15N5O3S. The summed E-state index contributed by atoms with van der Waals surface area (Å²) >= 11 is 1.37. The van der Waals surface area contributed by atoms with Crippen molar-refractivity contribution >= 4 is 28.3 Å². The number of fused-ring (bicyclic) bond motifs is 1. The third-order valence-electron chi connectivity index (χ3n) is 4.24. The molecule has 2 aromatic heterocycles. The summed E-state index contributed by atoms with van der Waals surface area (Å²) in [5.74, 6) is -0.385. The summed E-state index contributed by atoms with van der Waals surface area (Å²) < 4.78 is 4.95. The van der Waals surface area contributed by atoms with Crippen molar-refractivity contribution in [2.75, 3.05) is 18.0 Å². The minimum absolute atomic E-state index is 0.00828. The van der Waals surface area contributed by atoms with Crippen LogP contribution < -0.4 is 4.90 Å². The number of carbonyl (C=O) groups is 2. The molecule has 0 radical (unpaired) electrons. The van der Waals surface area contributed by atoms with Gasteiger partial charge in [-0.1, -0.05) is 16.5 Å². The molecule has 0 aromatic carbocycles. The lowest BCUT2D eigenvalue weighted by Crippen LogP contribution is -2.40. The zero-order chi connectivity index (χ0) is 16.0. The predicted octanol–water partition coefficient (Wildman–Crippen LogP) is 0.772. The van der Waals surface area contributed by atoms with E-state index in [1.807, 2.05) is 6.92 Å². The van der Waals surface area contributed by atoms with E-state index in [4.69, 9.17) is 4.52 Å². The maximum Gasteiger partial charge on any atom is 0.229 e. The molecule has 0 bridgehead atoms. The maximum atomic E-state index is 12.7. The molecule has 0 N–H and O–H groups in total. The first-order valence-electron chi connectivity index (χ1n) is 7.43. The number of hydrogen-bond acceptors (Lipinski definition) is 7. The third kappa shape index (κ3) is 2.50. The highest BCUT2D eigenvalue weighted by molar-refractivity contribution is 7.15. The van der Waals surface area contributed by atoms with E-state index in [2.05, 4.69) is 15.4 Å². The Morgan fingerprint density at radius 3 is 3.09 bits per heavy atom. The standard InChI is InChI=1S/C14H15N5O3S/c1-8-15-16-14(23-8)19-6-9(4-12(19)20)13(21)18-3-2-11-10(5-18)7-22-17-11/h7,9H,2-6H2,1H3. The van der Waals surface area contributed by atoms with Gasteiger partial charge in [-0.05, 0) is 6.92 Å². The van der Waals surface area contributed by atoms with Crippen molar-refractivity contribution in [1.29, 1.82) is 0 Å². The van der Waals surface area contributed by atoms with E-state index in [0.29, 0.717) is 31.2 Å². The molecule has 2 aromatic rings. The smallest absolute Gasteiger partial charge is 0.229 e. The number of aryl methyl sites for hydroxylation is 1. The molecule has 2 amide bonds. The van der Waals surface area contributed by atoms with Gasteiger partial charge >= 0.3 is 0 Å². The number of amides is 2. The van der Waals surface area contributed by atoms with Gasteiger partial charge in [0.05, 0.1) is 18.2 Å². The van der Waals surface area contributed by atoms with Crippen LogP contribution in [-0.4, -0.2) is 45.2 Å². The third-order valence-corrected chi connectivity index (χ3v) is 5.10.